The molecular weight excluding hydrogens is 509 g/mol. The number of aliphatic carboxylic acids is 1. The van der Waals surface area contributed by atoms with Gasteiger partial charge in [-0.1, -0.05) is 41.6 Å². The number of nitrogens with zero attached hydrogens (tertiary/aromatic N) is 3. The van der Waals surface area contributed by atoms with E-state index in [0.29, 0.717) is 54.0 Å². The molecule has 204 valence electrons. The lowest BCUT2D eigenvalue weighted by molar-refractivity contribution is -0.137. The Labute approximate surface area is 230 Å². The molecule has 0 saturated heterocycles. The molecule has 2 aliphatic rings. The summed E-state index contributed by atoms with van der Waals surface area (Å²) >= 11 is 0. The molecule has 2 heterocycles. The highest BCUT2D eigenvalue weighted by Gasteiger charge is 2.46. The standard InChI is InChI=1S/C32H30FN3O4/c33-24-11-13-25(14-12-24)36-29(8-4-5-9-30(37)38)34-27-18-22(10-15-26(27)31(36)39)28-20-32(40-35-28)17-16-23(19-32)21-6-2-1-3-7-21/h1-3,6-7,10-15,18,23H,4-5,8-9,16-17,19-20H2,(H,37,38)/t23-,32?/m0/s1. The summed E-state index contributed by atoms with van der Waals surface area (Å²) in [6.07, 6.45) is 5.09. The molecule has 1 aliphatic carbocycles. The molecule has 1 aromatic heterocycles. The van der Waals surface area contributed by atoms with E-state index < -0.39 is 11.8 Å². The smallest absolute Gasteiger partial charge is 0.303 e. The van der Waals surface area contributed by atoms with Gasteiger partial charge in [0, 0.05) is 24.8 Å². The second kappa shape index (κ2) is 10.7. The number of carboxylic acids is 1. The number of hydrogen-bond acceptors (Lipinski definition) is 5. The molecular formula is C32H30FN3O4. The van der Waals surface area contributed by atoms with Crippen molar-refractivity contribution in [3.05, 3.63) is 106 Å². The lowest BCUT2D eigenvalue weighted by atomic mass is 9.90. The summed E-state index contributed by atoms with van der Waals surface area (Å²) in [5.41, 5.74) is 3.56. The van der Waals surface area contributed by atoms with Gasteiger partial charge in [-0.25, -0.2) is 9.37 Å². The van der Waals surface area contributed by atoms with Crippen LogP contribution in [-0.4, -0.2) is 31.9 Å². The van der Waals surface area contributed by atoms with Gasteiger partial charge in [0.05, 0.1) is 22.3 Å². The maximum Gasteiger partial charge on any atom is 0.303 e. The van der Waals surface area contributed by atoms with E-state index in [2.05, 4.69) is 29.4 Å². The summed E-state index contributed by atoms with van der Waals surface area (Å²) in [5.74, 6) is -0.300. The van der Waals surface area contributed by atoms with Crippen LogP contribution in [-0.2, 0) is 16.1 Å². The fourth-order valence-corrected chi connectivity index (χ4v) is 6.01. The van der Waals surface area contributed by atoms with Gasteiger partial charge in [0.1, 0.15) is 17.2 Å². The Bertz CT molecular complexity index is 1650. The molecule has 3 aromatic carbocycles. The summed E-state index contributed by atoms with van der Waals surface area (Å²) in [6, 6.07) is 21.8. The number of benzene rings is 3. The third-order valence-electron chi connectivity index (χ3n) is 8.07. The zero-order chi connectivity index (χ0) is 27.7. The van der Waals surface area contributed by atoms with Gasteiger partial charge in [-0.05, 0) is 80.0 Å². The van der Waals surface area contributed by atoms with E-state index >= 15 is 0 Å². The van der Waals surface area contributed by atoms with Crippen LogP contribution in [0.4, 0.5) is 4.39 Å². The van der Waals surface area contributed by atoms with Crippen LogP contribution in [0.5, 0.6) is 0 Å². The molecule has 7 nitrogen and oxygen atoms in total. The molecule has 1 fully saturated rings. The lowest BCUT2D eigenvalue weighted by Crippen LogP contribution is -2.25. The van der Waals surface area contributed by atoms with Crippen LogP contribution < -0.4 is 5.56 Å². The number of rotatable bonds is 8. The Morgan fingerprint density at radius 1 is 1.07 bits per heavy atom. The molecule has 1 spiro atoms. The van der Waals surface area contributed by atoms with E-state index in [1.807, 2.05) is 18.2 Å². The van der Waals surface area contributed by atoms with Crippen LogP contribution in [0.1, 0.15) is 67.8 Å². The molecule has 6 rings (SSSR count). The number of aromatic nitrogens is 2. The summed E-state index contributed by atoms with van der Waals surface area (Å²) in [7, 11) is 0. The second-order valence-electron chi connectivity index (χ2n) is 10.8. The maximum atomic E-state index is 13.7. The van der Waals surface area contributed by atoms with Crippen LogP contribution >= 0.6 is 0 Å². The molecule has 1 N–H and O–H groups in total. The van der Waals surface area contributed by atoms with Crippen molar-refractivity contribution in [3.8, 4) is 5.69 Å². The van der Waals surface area contributed by atoms with E-state index in [1.54, 1.807) is 18.2 Å². The van der Waals surface area contributed by atoms with Gasteiger partial charge in [-0.3, -0.25) is 14.2 Å². The first kappa shape index (κ1) is 25.9. The molecule has 0 amide bonds. The molecule has 0 radical (unpaired) electrons. The minimum atomic E-state index is -0.860. The minimum absolute atomic E-state index is 0.0468. The number of unbranched alkanes of at least 4 members (excludes halogenated alkanes) is 1. The molecule has 8 heteroatoms. The number of oxime groups is 1. The van der Waals surface area contributed by atoms with Crippen molar-refractivity contribution in [2.45, 2.75) is 62.9 Å². The van der Waals surface area contributed by atoms with Gasteiger partial charge in [0.25, 0.3) is 5.56 Å². The number of fused-ring (bicyclic) bond motifs is 1. The normalized spacial score (nSPS) is 20.1. The molecule has 1 aliphatic heterocycles. The van der Waals surface area contributed by atoms with Gasteiger partial charge < -0.3 is 9.94 Å². The Kier molecular flexibility index (Phi) is 6.92. The predicted molar refractivity (Wildman–Crippen MR) is 150 cm³/mol. The quantitative estimate of drug-likeness (QED) is 0.271. The zero-order valence-electron chi connectivity index (χ0n) is 22.1. The largest absolute Gasteiger partial charge is 0.481 e. The maximum absolute atomic E-state index is 13.7. The van der Waals surface area contributed by atoms with E-state index in [-0.39, 0.29) is 17.6 Å². The van der Waals surface area contributed by atoms with Crippen molar-refractivity contribution in [3.63, 3.8) is 0 Å². The molecule has 4 aromatic rings. The van der Waals surface area contributed by atoms with Crippen molar-refractivity contribution >= 4 is 22.6 Å². The highest BCUT2D eigenvalue weighted by molar-refractivity contribution is 6.04. The SMILES string of the molecule is O=C(O)CCCCc1nc2cc(C3=NOC4(CC[C@H](c5ccccc5)C4)C3)ccc2c(=O)n1-c1ccc(F)cc1. The van der Waals surface area contributed by atoms with Crippen molar-refractivity contribution in [1.82, 2.24) is 9.55 Å². The van der Waals surface area contributed by atoms with Gasteiger partial charge in [0.2, 0.25) is 0 Å². The highest BCUT2D eigenvalue weighted by atomic mass is 19.1. The lowest BCUT2D eigenvalue weighted by Gasteiger charge is -2.21. The van der Waals surface area contributed by atoms with Crippen LogP contribution in [0.3, 0.4) is 0 Å². The van der Waals surface area contributed by atoms with Crippen molar-refractivity contribution < 1.29 is 19.1 Å². The van der Waals surface area contributed by atoms with Gasteiger partial charge >= 0.3 is 5.97 Å². The summed E-state index contributed by atoms with van der Waals surface area (Å²) in [5, 5.41) is 13.9. The third-order valence-corrected chi connectivity index (χ3v) is 8.07. The average Bonchev–Trinajstić information content (AvgIpc) is 3.58. The minimum Gasteiger partial charge on any atom is -0.481 e. The first-order valence-corrected chi connectivity index (χ1v) is 13.7. The fraction of sp³-hybridized carbons (Fsp3) is 0.312. The summed E-state index contributed by atoms with van der Waals surface area (Å²) < 4.78 is 15.1. The Hall–Kier alpha value is -4.33. The number of halogens is 1. The zero-order valence-corrected chi connectivity index (χ0v) is 22.1. The van der Waals surface area contributed by atoms with Gasteiger partial charge in [-0.2, -0.15) is 0 Å². The molecule has 2 atom stereocenters. The Balaban J connectivity index is 1.29. The van der Waals surface area contributed by atoms with Gasteiger partial charge in [-0.15, -0.1) is 0 Å². The van der Waals surface area contributed by atoms with Crippen LogP contribution in [0.2, 0.25) is 0 Å². The van der Waals surface area contributed by atoms with Crippen molar-refractivity contribution in [1.29, 1.82) is 0 Å². The van der Waals surface area contributed by atoms with E-state index in [9.17, 15) is 14.0 Å². The number of hydrogen-bond donors (Lipinski definition) is 1. The van der Waals surface area contributed by atoms with E-state index in [4.69, 9.17) is 14.9 Å². The fourth-order valence-electron chi connectivity index (χ4n) is 6.01. The Morgan fingerprint density at radius 3 is 2.65 bits per heavy atom. The average molecular weight is 540 g/mol. The molecule has 1 saturated carbocycles. The summed E-state index contributed by atoms with van der Waals surface area (Å²) in [6.45, 7) is 0. The molecule has 0 bridgehead atoms. The number of carboxylic acid groups (broad SMARTS) is 1. The predicted octanol–water partition coefficient (Wildman–Crippen LogP) is 6.15. The van der Waals surface area contributed by atoms with Gasteiger partial charge in [0.15, 0.2) is 0 Å². The van der Waals surface area contributed by atoms with E-state index in [0.717, 1.165) is 30.5 Å². The summed E-state index contributed by atoms with van der Waals surface area (Å²) in [4.78, 5) is 35.6. The topological polar surface area (TPSA) is 93.8 Å². The molecule has 40 heavy (non-hydrogen) atoms. The number of carbonyl (C=O) groups is 1. The van der Waals surface area contributed by atoms with Crippen molar-refractivity contribution in [2.24, 2.45) is 5.16 Å². The Morgan fingerprint density at radius 2 is 1.88 bits per heavy atom. The van der Waals surface area contributed by atoms with Crippen molar-refractivity contribution in [2.75, 3.05) is 0 Å². The second-order valence-corrected chi connectivity index (χ2v) is 10.8. The third kappa shape index (κ3) is 5.13. The van der Waals surface area contributed by atoms with Crippen LogP contribution in [0.25, 0.3) is 16.6 Å². The first-order chi connectivity index (χ1) is 19.4. The molecule has 1 unspecified atom stereocenters. The van der Waals surface area contributed by atoms with Crippen LogP contribution in [0.15, 0.2) is 82.7 Å². The monoisotopic (exact) mass is 539 g/mol. The highest BCUT2D eigenvalue weighted by Crippen LogP contribution is 2.47. The number of aryl methyl sites for hydroxylation is 1. The van der Waals surface area contributed by atoms with Crippen LogP contribution in [0, 0.1) is 5.82 Å². The first-order valence-electron chi connectivity index (χ1n) is 13.7. The van der Waals surface area contributed by atoms with E-state index in [1.165, 1.54) is 22.3 Å².